The maximum Gasteiger partial charge on any atom is 0.416 e. The third kappa shape index (κ3) is 5.57. The molecule has 29 heavy (non-hydrogen) atoms. The largest absolute Gasteiger partial charge is 0.416 e. The number of carbonyl (C=O) groups is 1. The Labute approximate surface area is 168 Å². The van der Waals surface area contributed by atoms with E-state index in [4.69, 9.17) is 0 Å². The van der Waals surface area contributed by atoms with Gasteiger partial charge in [-0.1, -0.05) is 23.9 Å². The lowest BCUT2D eigenvalue weighted by Crippen LogP contribution is -2.15. The zero-order chi connectivity index (χ0) is 21.0. The molecule has 0 spiro atoms. The number of nitrogens with zero attached hydrogens (tertiary/aromatic N) is 3. The van der Waals surface area contributed by atoms with Gasteiger partial charge in [-0.15, -0.1) is 10.2 Å². The van der Waals surface area contributed by atoms with Gasteiger partial charge < -0.3 is 9.88 Å². The summed E-state index contributed by atoms with van der Waals surface area (Å²) in [6, 6.07) is 10.3. The Kier molecular flexibility index (Phi) is 6.21. The second-order valence-electron chi connectivity index (χ2n) is 6.17. The lowest BCUT2D eigenvalue weighted by Gasteiger charge is -2.09. The number of halogens is 4. The molecule has 0 aliphatic carbocycles. The van der Waals surface area contributed by atoms with Gasteiger partial charge in [0.1, 0.15) is 11.6 Å². The summed E-state index contributed by atoms with van der Waals surface area (Å²) < 4.78 is 52.4. The van der Waals surface area contributed by atoms with E-state index in [9.17, 15) is 22.4 Å². The SMILES string of the molecule is Cn1c(Cc2ccc(F)cc2)nnc1SCC(=O)Nc1ccc(C(F)(F)F)cc1. The van der Waals surface area contributed by atoms with E-state index in [0.29, 0.717) is 17.4 Å². The van der Waals surface area contributed by atoms with E-state index in [0.717, 1.165) is 29.5 Å². The number of benzene rings is 2. The Hall–Kier alpha value is -2.88. The average molecular weight is 424 g/mol. The molecule has 152 valence electrons. The third-order valence-electron chi connectivity index (χ3n) is 4.03. The minimum atomic E-state index is -4.42. The average Bonchev–Trinajstić information content (AvgIpc) is 3.01. The topological polar surface area (TPSA) is 59.8 Å². The molecule has 1 amide bonds. The molecule has 0 bridgehead atoms. The van der Waals surface area contributed by atoms with E-state index >= 15 is 0 Å². The zero-order valence-electron chi connectivity index (χ0n) is 15.2. The standard InChI is InChI=1S/C19H16F4N4OS/c1-27-16(10-12-2-6-14(20)7-3-12)25-26-18(27)29-11-17(28)24-15-8-4-13(5-9-15)19(21,22)23/h2-9H,10-11H2,1H3,(H,24,28). The van der Waals surface area contributed by atoms with Crippen molar-refractivity contribution in [2.45, 2.75) is 17.8 Å². The Bertz CT molecular complexity index is 985. The minimum absolute atomic E-state index is 0.0174. The molecule has 0 unspecified atom stereocenters. The van der Waals surface area contributed by atoms with Crippen LogP contribution in [0.2, 0.25) is 0 Å². The molecule has 1 N–H and O–H groups in total. The van der Waals surface area contributed by atoms with Gasteiger partial charge in [0.05, 0.1) is 11.3 Å². The molecule has 1 heterocycles. The summed E-state index contributed by atoms with van der Waals surface area (Å²) in [5.74, 6) is -0.0223. The van der Waals surface area contributed by atoms with Crippen LogP contribution >= 0.6 is 11.8 Å². The monoisotopic (exact) mass is 424 g/mol. The number of aromatic nitrogens is 3. The van der Waals surface area contributed by atoms with Crippen LogP contribution in [0, 0.1) is 5.82 Å². The number of carbonyl (C=O) groups excluding carboxylic acids is 1. The van der Waals surface area contributed by atoms with Gasteiger partial charge in [0, 0.05) is 19.2 Å². The smallest absolute Gasteiger partial charge is 0.325 e. The highest BCUT2D eigenvalue weighted by Crippen LogP contribution is 2.29. The highest BCUT2D eigenvalue weighted by Gasteiger charge is 2.30. The second kappa shape index (κ2) is 8.64. The molecule has 0 saturated carbocycles. The summed E-state index contributed by atoms with van der Waals surface area (Å²) in [5.41, 5.74) is 0.370. The van der Waals surface area contributed by atoms with Gasteiger partial charge in [-0.05, 0) is 42.0 Å². The van der Waals surface area contributed by atoms with E-state index in [1.165, 1.54) is 24.3 Å². The van der Waals surface area contributed by atoms with Crippen LogP contribution in [-0.4, -0.2) is 26.4 Å². The summed E-state index contributed by atoms with van der Waals surface area (Å²) in [6.45, 7) is 0. The van der Waals surface area contributed by atoms with E-state index < -0.39 is 11.7 Å². The predicted octanol–water partition coefficient (Wildman–Crippen LogP) is 4.29. The number of nitrogens with one attached hydrogen (secondary N) is 1. The van der Waals surface area contributed by atoms with Gasteiger partial charge in [0.15, 0.2) is 5.16 Å². The van der Waals surface area contributed by atoms with Crippen molar-refractivity contribution in [2.75, 3.05) is 11.1 Å². The molecule has 3 aromatic rings. The van der Waals surface area contributed by atoms with Crippen LogP contribution in [0.4, 0.5) is 23.2 Å². The number of hydrogen-bond donors (Lipinski definition) is 1. The molecule has 0 radical (unpaired) electrons. The van der Waals surface area contributed by atoms with Gasteiger partial charge in [0.25, 0.3) is 0 Å². The van der Waals surface area contributed by atoms with Crippen LogP contribution in [0.25, 0.3) is 0 Å². The maximum absolute atomic E-state index is 13.0. The van der Waals surface area contributed by atoms with Crippen molar-refractivity contribution in [3.05, 3.63) is 71.3 Å². The third-order valence-corrected chi connectivity index (χ3v) is 5.05. The first-order valence-electron chi connectivity index (χ1n) is 8.45. The lowest BCUT2D eigenvalue weighted by atomic mass is 10.1. The molecule has 0 aliphatic rings. The minimum Gasteiger partial charge on any atom is -0.325 e. The number of hydrogen-bond acceptors (Lipinski definition) is 4. The highest BCUT2D eigenvalue weighted by atomic mass is 32.2. The summed E-state index contributed by atoms with van der Waals surface area (Å²) in [7, 11) is 1.76. The molecular formula is C19H16F4N4OS. The van der Waals surface area contributed by atoms with E-state index in [1.807, 2.05) is 0 Å². The van der Waals surface area contributed by atoms with Gasteiger partial charge in [-0.25, -0.2) is 4.39 Å². The van der Waals surface area contributed by atoms with E-state index in [1.54, 1.807) is 23.7 Å². The number of alkyl halides is 3. The number of anilines is 1. The van der Waals surface area contributed by atoms with Crippen molar-refractivity contribution in [1.29, 1.82) is 0 Å². The molecule has 0 atom stereocenters. The van der Waals surface area contributed by atoms with Crippen molar-refractivity contribution < 1.29 is 22.4 Å². The van der Waals surface area contributed by atoms with E-state index in [-0.39, 0.29) is 23.2 Å². The van der Waals surface area contributed by atoms with Gasteiger partial charge in [-0.2, -0.15) is 13.2 Å². The Balaban J connectivity index is 1.55. The first-order chi connectivity index (χ1) is 13.7. The number of rotatable bonds is 6. The van der Waals surface area contributed by atoms with Crippen molar-refractivity contribution >= 4 is 23.4 Å². The molecule has 10 heteroatoms. The molecule has 0 fully saturated rings. The van der Waals surface area contributed by atoms with Gasteiger partial charge in [0.2, 0.25) is 5.91 Å². The first-order valence-corrected chi connectivity index (χ1v) is 9.43. The first kappa shape index (κ1) is 20.8. The Morgan fingerprint density at radius 2 is 1.72 bits per heavy atom. The zero-order valence-corrected chi connectivity index (χ0v) is 16.0. The van der Waals surface area contributed by atoms with Crippen molar-refractivity contribution in [3.63, 3.8) is 0 Å². The van der Waals surface area contributed by atoms with Crippen LogP contribution in [0.3, 0.4) is 0 Å². The molecule has 3 rings (SSSR count). The molecule has 2 aromatic carbocycles. The maximum atomic E-state index is 13.0. The fourth-order valence-corrected chi connectivity index (χ4v) is 3.21. The highest BCUT2D eigenvalue weighted by molar-refractivity contribution is 7.99. The Morgan fingerprint density at radius 3 is 2.34 bits per heavy atom. The molecule has 1 aromatic heterocycles. The van der Waals surface area contributed by atoms with Crippen molar-refractivity contribution in [1.82, 2.24) is 14.8 Å². The summed E-state index contributed by atoms with van der Waals surface area (Å²) >= 11 is 1.15. The normalized spacial score (nSPS) is 11.5. The lowest BCUT2D eigenvalue weighted by molar-refractivity contribution is -0.137. The Morgan fingerprint density at radius 1 is 1.07 bits per heavy atom. The summed E-state index contributed by atoms with van der Waals surface area (Å²) in [5, 5.41) is 11.2. The molecule has 0 saturated heterocycles. The van der Waals surface area contributed by atoms with Crippen LogP contribution < -0.4 is 5.32 Å². The number of thioether (sulfide) groups is 1. The fourth-order valence-electron chi connectivity index (χ4n) is 2.48. The van der Waals surface area contributed by atoms with Crippen molar-refractivity contribution in [2.24, 2.45) is 7.05 Å². The van der Waals surface area contributed by atoms with Crippen molar-refractivity contribution in [3.8, 4) is 0 Å². The van der Waals surface area contributed by atoms with Crippen LogP contribution in [-0.2, 0) is 24.4 Å². The van der Waals surface area contributed by atoms with Crippen LogP contribution in [0.5, 0.6) is 0 Å². The predicted molar refractivity (Wildman–Crippen MR) is 101 cm³/mol. The van der Waals surface area contributed by atoms with Crippen LogP contribution in [0.1, 0.15) is 17.0 Å². The molecular weight excluding hydrogens is 408 g/mol. The molecule has 0 aliphatic heterocycles. The van der Waals surface area contributed by atoms with Crippen LogP contribution in [0.15, 0.2) is 53.7 Å². The fraction of sp³-hybridized carbons (Fsp3) is 0.211. The summed E-state index contributed by atoms with van der Waals surface area (Å²) in [6.07, 6.45) is -3.96. The molecule has 5 nitrogen and oxygen atoms in total. The number of amides is 1. The van der Waals surface area contributed by atoms with Gasteiger partial charge in [-0.3, -0.25) is 4.79 Å². The second-order valence-corrected chi connectivity index (χ2v) is 7.12. The van der Waals surface area contributed by atoms with Gasteiger partial charge >= 0.3 is 6.18 Å². The summed E-state index contributed by atoms with van der Waals surface area (Å²) in [4.78, 5) is 12.1. The van der Waals surface area contributed by atoms with E-state index in [2.05, 4.69) is 15.5 Å². The quantitative estimate of drug-likeness (QED) is 0.474.